The number of hydrogen-bond donors (Lipinski definition) is 2. The number of hydrogen-bond acceptors (Lipinski definition) is 4. The minimum absolute atomic E-state index is 0.125. The van der Waals surface area contributed by atoms with E-state index >= 15 is 0 Å². The van der Waals surface area contributed by atoms with Crippen LogP contribution in [0.15, 0.2) is 36.4 Å². The Morgan fingerprint density at radius 2 is 1.83 bits per heavy atom. The van der Waals surface area contributed by atoms with Gasteiger partial charge in [-0.15, -0.1) is 0 Å². The lowest BCUT2D eigenvalue weighted by Crippen LogP contribution is -2.17. The molecule has 124 valence electrons. The number of para-hydroxylation sites is 1. The molecule has 2 aromatic rings. The number of fused-ring (bicyclic) bond motifs is 1. The summed E-state index contributed by atoms with van der Waals surface area (Å²) in [6, 6.07) is 8.51. The minimum Gasteiger partial charge on any atom is -0.490 e. The van der Waals surface area contributed by atoms with E-state index in [1.807, 2.05) is 0 Å². The van der Waals surface area contributed by atoms with Gasteiger partial charge in [-0.05, 0) is 24.3 Å². The standard InChI is InChI=1S/C17H14FNO5/c18-11-5-2-6-12(14(11)17(21)22)19-16(20)10-4-1-7-13-15(10)24-9-3-8-23-13/h1-2,4-7H,3,8-9H2,(H,19,20)(H,21,22). The molecule has 1 amide bonds. The van der Waals surface area contributed by atoms with Crippen LogP contribution in [0.1, 0.15) is 27.1 Å². The number of carboxylic acids is 1. The zero-order valence-electron chi connectivity index (χ0n) is 12.5. The lowest BCUT2D eigenvalue weighted by atomic mass is 10.1. The van der Waals surface area contributed by atoms with Crippen molar-refractivity contribution in [3.05, 3.63) is 53.3 Å². The number of halogens is 1. The number of ether oxygens (including phenoxy) is 2. The van der Waals surface area contributed by atoms with Crippen LogP contribution in [0, 0.1) is 5.82 Å². The van der Waals surface area contributed by atoms with E-state index in [0.717, 1.165) is 6.07 Å². The molecule has 6 nitrogen and oxygen atoms in total. The first-order chi connectivity index (χ1) is 11.6. The molecule has 7 heteroatoms. The van der Waals surface area contributed by atoms with Gasteiger partial charge < -0.3 is 19.9 Å². The smallest absolute Gasteiger partial charge is 0.340 e. The first-order valence-corrected chi connectivity index (χ1v) is 7.29. The highest BCUT2D eigenvalue weighted by Crippen LogP contribution is 2.34. The summed E-state index contributed by atoms with van der Waals surface area (Å²) in [4.78, 5) is 23.7. The Labute approximate surface area is 136 Å². The summed E-state index contributed by atoms with van der Waals surface area (Å²) >= 11 is 0. The molecule has 1 aliphatic heterocycles. The second kappa shape index (κ2) is 6.57. The molecule has 3 rings (SSSR count). The van der Waals surface area contributed by atoms with E-state index in [0.29, 0.717) is 31.1 Å². The van der Waals surface area contributed by atoms with E-state index in [4.69, 9.17) is 14.6 Å². The molecule has 2 N–H and O–H groups in total. The van der Waals surface area contributed by atoms with Gasteiger partial charge in [0.15, 0.2) is 11.5 Å². The van der Waals surface area contributed by atoms with E-state index in [1.54, 1.807) is 12.1 Å². The fourth-order valence-corrected chi connectivity index (χ4v) is 2.41. The van der Waals surface area contributed by atoms with E-state index in [9.17, 15) is 14.0 Å². The Morgan fingerprint density at radius 3 is 2.62 bits per heavy atom. The molecular formula is C17H14FNO5. The molecule has 24 heavy (non-hydrogen) atoms. The Morgan fingerprint density at radius 1 is 1.08 bits per heavy atom. The van der Waals surface area contributed by atoms with Crippen molar-refractivity contribution in [3.8, 4) is 11.5 Å². The van der Waals surface area contributed by atoms with Crippen molar-refractivity contribution in [2.75, 3.05) is 18.5 Å². The maximum absolute atomic E-state index is 13.7. The van der Waals surface area contributed by atoms with Gasteiger partial charge in [0.05, 0.1) is 24.5 Å². The molecule has 0 aromatic heterocycles. The van der Waals surface area contributed by atoms with Crippen LogP contribution in [0.2, 0.25) is 0 Å². The zero-order valence-corrected chi connectivity index (χ0v) is 12.5. The van der Waals surface area contributed by atoms with Gasteiger partial charge >= 0.3 is 5.97 Å². The summed E-state index contributed by atoms with van der Waals surface area (Å²) in [6.07, 6.45) is 0.683. The van der Waals surface area contributed by atoms with Gasteiger partial charge in [-0.3, -0.25) is 4.79 Å². The minimum atomic E-state index is -1.46. The number of benzene rings is 2. The quantitative estimate of drug-likeness (QED) is 0.903. The molecule has 0 bridgehead atoms. The molecule has 2 aromatic carbocycles. The van der Waals surface area contributed by atoms with Crippen molar-refractivity contribution >= 4 is 17.6 Å². The predicted molar refractivity (Wildman–Crippen MR) is 83.4 cm³/mol. The van der Waals surface area contributed by atoms with Crippen molar-refractivity contribution in [3.63, 3.8) is 0 Å². The normalized spacial score (nSPS) is 13.0. The number of nitrogens with one attached hydrogen (secondary N) is 1. The molecule has 0 fully saturated rings. The molecule has 0 atom stereocenters. The maximum Gasteiger partial charge on any atom is 0.340 e. The van der Waals surface area contributed by atoms with Gasteiger partial charge in [-0.1, -0.05) is 12.1 Å². The van der Waals surface area contributed by atoms with Crippen molar-refractivity contribution < 1.29 is 28.6 Å². The first kappa shape index (κ1) is 15.8. The number of carbonyl (C=O) groups excluding carboxylic acids is 1. The van der Waals surface area contributed by atoms with Crippen molar-refractivity contribution in [2.24, 2.45) is 0 Å². The molecular weight excluding hydrogens is 317 g/mol. The Bertz CT molecular complexity index is 806. The van der Waals surface area contributed by atoms with Gasteiger partial charge in [0.2, 0.25) is 0 Å². The van der Waals surface area contributed by atoms with Crippen LogP contribution >= 0.6 is 0 Å². The topological polar surface area (TPSA) is 84.9 Å². The summed E-state index contributed by atoms with van der Waals surface area (Å²) in [5.74, 6) is -2.26. The summed E-state index contributed by atoms with van der Waals surface area (Å²) in [5, 5.41) is 11.5. The van der Waals surface area contributed by atoms with Crippen LogP contribution < -0.4 is 14.8 Å². The number of aromatic carboxylic acids is 1. The SMILES string of the molecule is O=C(Nc1cccc(F)c1C(=O)O)c1cccc2c1OCCCO2. The number of carboxylic acid groups (broad SMARTS) is 1. The van der Waals surface area contributed by atoms with Crippen LogP contribution in [0.4, 0.5) is 10.1 Å². The van der Waals surface area contributed by atoms with Crippen LogP contribution in [-0.4, -0.2) is 30.2 Å². The molecule has 0 radical (unpaired) electrons. The van der Waals surface area contributed by atoms with E-state index < -0.39 is 23.3 Å². The Balaban J connectivity index is 1.95. The van der Waals surface area contributed by atoms with Crippen molar-refractivity contribution in [1.82, 2.24) is 0 Å². The zero-order chi connectivity index (χ0) is 17.1. The summed E-state index contributed by atoms with van der Waals surface area (Å²) in [7, 11) is 0. The Hall–Kier alpha value is -3.09. The van der Waals surface area contributed by atoms with E-state index in [1.165, 1.54) is 18.2 Å². The van der Waals surface area contributed by atoms with Crippen LogP contribution in [-0.2, 0) is 0 Å². The largest absolute Gasteiger partial charge is 0.490 e. The average molecular weight is 331 g/mol. The number of rotatable bonds is 3. The lowest BCUT2D eigenvalue weighted by molar-refractivity contribution is 0.0693. The molecule has 0 aliphatic carbocycles. The fourth-order valence-electron chi connectivity index (χ4n) is 2.41. The average Bonchev–Trinajstić information content (AvgIpc) is 2.79. The van der Waals surface area contributed by atoms with Gasteiger partial charge in [-0.25, -0.2) is 9.18 Å². The third-order valence-electron chi connectivity index (χ3n) is 3.49. The molecule has 0 saturated heterocycles. The van der Waals surface area contributed by atoms with Crippen molar-refractivity contribution in [1.29, 1.82) is 0 Å². The van der Waals surface area contributed by atoms with Gasteiger partial charge in [0.25, 0.3) is 5.91 Å². The number of amides is 1. The maximum atomic E-state index is 13.7. The van der Waals surface area contributed by atoms with Gasteiger partial charge in [0.1, 0.15) is 11.4 Å². The lowest BCUT2D eigenvalue weighted by Gasteiger charge is -2.13. The van der Waals surface area contributed by atoms with Crippen LogP contribution in [0.3, 0.4) is 0 Å². The predicted octanol–water partition coefficient (Wildman–Crippen LogP) is 2.94. The van der Waals surface area contributed by atoms with Crippen molar-refractivity contribution in [2.45, 2.75) is 6.42 Å². The second-order valence-corrected chi connectivity index (χ2v) is 5.10. The number of anilines is 1. The van der Waals surface area contributed by atoms with E-state index in [-0.39, 0.29) is 11.3 Å². The summed E-state index contributed by atoms with van der Waals surface area (Å²) in [6.45, 7) is 0.878. The molecule has 1 aliphatic rings. The third kappa shape index (κ3) is 3.01. The second-order valence-electron chi connectivity index (χ2n) is 5.10. The Kier molecular flexibility index (Phi) is 4.33. The molecule has 0 unspecified atom stereocenters. The summed E-state index contributed by atoms with van der Waals surface area (Å²) < 4.78 is 24.8. The highest BCUT2D eigenvalue weighted by atomic mass is 19.1. The van der Waals surface area contributed by atoms with E-state index in [2.05, 4.69) is 5.32 Å². The number of carbonyl (C=O) groups is 2. The highest BCUT2D eigenvalue weighted by Gasteiger charge is 2.22. The third-order valence-corrected chi connectivity index (χ3v) is 3.49. The monoisotopic (exact) mass is 331 g/mol. The molecule has 1 heterocycles. The van der Waals surface area contributed by atoms with Crippen LogP contribution in [0.25, 0.3) is 0 Å². The molecule has 0 saturated carbocycles. The fraction of sp³-hybridized carbons (Fsp3) is 0.176. The van der Waals surface area contributed by atoms with Gasteiger partial charge in [-0.2, -0.15) is 0 Å². The first-order valence-electron chi connectivity index (χ1n) is 7.29. The highest BCUT2D eigenvalue weighted by molar-refractivity contribution is 6.09. The van der Waals surface area contributed by atoms with Crippen LogP contribution in [0.5, 0.6) is 11.5 Å². The molecule has 0 spiro atoms. The summed E-state index contributed by atoms with van der Waals surface area (Å²) in [5.41, 5.74) is -0.528. The van der Waals surface area contributed by atoms with Gasteiger partial charge in [0, 0.05) is 6.42 Å².